The quantitative estimate of drug-likeness (QED) is 0.832. The van der Waals surface area contributed by atoms with Crippen LogP contribution in [-0.2, 0) is 9.53 Å². The van der Waals surface area contributed by atoms with Crippen molar-refractivity contribution in [2.75, 3.05) is 39.4 Å². The summed E-state index contributed by atoms with van der Waals surface area (Å²) in [5, 5.41) is 2.83. The highest BCUT2D eigenvalue weighted by Gasteiger charge is 2.25. The molecule has 122 valence electrons. The van der Waals surface area contributed by atoms with Gasteiger partial charge in [-0.2, -0.15) is 0 Å². The van der Waals surface area contributed by atoms with Gasteiger partial charge in [-0.15, -0.1) is 24.8 Å². The fourth-order valence-electron chi connectivity index (χ4n) is 2.21. The lowest BCUT2D eigenvalue weighted by Gasteiger charge is -2.33. The zero-order chi connectivity index (χ0) is 13.7. The highest BCUT2D eigenvalue weighted by molar-refractivity contribution is 5.85. The molecular weight excluding hydrogens is 317 g/mol. The number of amides is 1. The van der Waals surface area contributed by atoms with E-state index < -0.39 is 0 Å². The molecule has 1 saturated heterocycles. The predicted molar refractivity (Wildman–Crippen MR) is 85.1 cm³/mol. The van der Waals surface area contributed by atoms with Gasteiger partial charge in [0.15, 0.2) is 0 Å². The van der Waals surface area contributed by atoms with Crippen molar-refractivity contribution in [3.05, 3.63) is 23.7 Å². The number of furan rings is 1. The summed E-state index contributed by atoms with van der Waals surface area (Å²) in [6, 6.07) is 3.94. The van der Waals surface area contributed by atoms with Crippen LogP contribution >= 0.6 is 24.8 Å². The Morgan fingerprint density at radius 3 is 2.57 bits per heavy atom. The molecule has 6 nitrogen and oxygen atoms in total. The Bertz CT molecular complexity index is 423. The number of hydrogen-bond acceptors (Lipinski definition) is 5. The van der Waals surface area contributed by atoms with Gasteiger partial charge in [-0.3, -0.25) is 9.69 Å². The van der Waals surface area contributed by atoms with Crippen LogP contribution in [0, 0.1) is 6.92 Å². The minimum atomic E-state index is -0.151. The third-order valence-electron chi connectivity index (χ3n) is 3.25. The lowest BCUT2D eigenvalue weighted by molar-refractivity contribution is -0.120. The van der Waals surface area contributed by atoms with Gasteiger partial charge in [0.2, 0.25) is 5.91 Å². The number of nitrogens with zero attached hydrogens (tertiary/aromatic N) is 1. The molecule has 3 N–H and O–H groups in total. The Balaban J connectivity index is 0.00000200. The van der Waals surface area contributed by atoms with E-state index in [1.807, 2.05) is 19.1 Å². The van der Waals surface area contributed by atoms with E-state index in [1.54, 1.807) is 0 Å². The summed E-state index contributed by atoms with van der Waals surface area (Å²) in [7, 11) is 0. The van der Waals surface area contributed by atoms with E-state index in [4.69, 9.17) is 14.9 Å². The summed E-state index contributed by atoms with van der Waals surface area (Å²) in [5.41, 5.74) is 5.31. The SMILES string of the molecule is Cc1ccc(C(CNC(=O)CN)N2CCOCC2)o1.Cl.Cl. The van der Waals surface area contributed by atoms with Crippen LogP contribution in [-0.4, -0.2) is 50.2 Å². The molecule has 1 amide bonds. The van der Waals surface area contributed by atoms with Crippen LogP contribution in [0.5, 0.6) is 0 Å². The fourth-order valence-corrected chi connectivity index (χ4v) is 2.21. The van der Waals surface area contributed by atoms with Gasteiger partial charge >= 0.3 is 0 Å². The van der Waals surface area contributed by atoms with Crippen molar-refractivity contribution in [3.63, 3.8) is 0 Å². The molecule has 1 aromatic rings. The van der Waals surface area contributed by atoms with Crippen molar-refractivity contribution >= 4 is 30.7 Å². The number of carbonyl (C=O) groups excluding carboxylic acids is 1. The number of rotatable bonds is 5. The Morgan fingerprint density at radius 2 is 2.05 bits per heavy atom. The molecule has 1 aliphatic heterocycles. The number of halogens is 2. The summed E-state index contributed by atoms with van der Waals surface area (Å²) < 4.78 is 11.1. The number of hydrogen-bond donors (Lipinski definition) is 2. The van der Waals surface area contributed by atoms with Gasteiger partial charge in [-0.25, -0.2) is 0 Å². The molecule has 1 atom stereocenters. The van der Waals surface area contributed by atoms with Crippen molar-refractivity contribution < 1.29 is 13.9 Å². The predicted octanol–water partition coefficient (Wildman–Crippen LogP) is 0.880. The number of morpholine rings is 1. The van der Waals surface area contributed by atoms with Crippen LogP contribution < -0.4 is 11.1 Å². The largest absolute Gasteiger partial charge is 0.465 e. The first-order valence-corrected chi connectivity index (χ1v) is 6.55. The molecule has 1 aliphatic rings. The van der Waals surface area contributed by atoms with E-state index in [-0.39, 0.29) is 43.3 Å². The van der Waals surface area contributed by atoms with Gasteiger partial charge in [-0.1, -0.05) is 0 Å². The standard InChI is InChI=1S/C13H21N3O3.2ClH/c1-10-2-3-12(19-10)11(9-15-13(17)8-14)16-4-6-18-7-5-16;;/h2-3,11H,4-9,14H2,1H3,(H,15,17);2*1H. The van der Waals surface area contributed by atoms with E-state index in [0.717, 1.165) is 24.6 Å². The van der Waals surface area contributed by atoms with Crippen LogP contribution in [0.25, 0.3) is 0 Å². The monoisotopic (exact) mass is 339 g/mol. The average Bonchev–Trinajstić information content (AvgIpc) is 2.86. The summed E-state index contributed by atoms with van der Waals surface area (Å²) >= 11 is 0. The summed E-state index contributed by atoms with van der Waals surface area (Å²) in [5.74, 6) is 1.59. The van der Waals surface area contributed by atoms with Crippen LogP contribution in [0.4, 0.5) is 0 Å². The van der Waals surface area contributed by atoms with Gasteiger partial charge in [0.25, 0.3) is 0 Å². The Hall–Kier alpha value is -0.790. The molecule has 1 unspecified atom stereocenters. The van der Waals surface area contributed by atoms with Crippen molar-refractivity contribution in [2.45, 2.75) is 13.0 Å². The normalized spacial score (nSPS) is 16.5. The minimum Gasteiger partial charge on any atom is -0.465 e. The molecule has 0 radical (unpaired) electrons. The Labute approximate surface area is 137 Å². The van der Waals surface area contributed by atoms with Gasteiger partial charge in [0, 0.05) is 19.6 Å². The zero-order valence-electron chi connectivity index (χ0n) is 12.0. The van der Waals surface area contributed by atoms with E-state index in [9.17, 15) is 4.79 Å². The maximum atomic E-state index is 11.3. The van der Waals surface area contributed by atoms with E-state index in [1.165, 1.54) is 0 Å². The topological polar surface area (TPSA) is 80.7 Å². The molecular formula is C13H23Cl2N3O3. The van der Waals surface area contributed by atoms with Crippen molar-refractivity contribution in [1.29, 1.82) is 0 Å². The Morgan fingerprint density at radius 1 is 1.38 bits per heavy atom. The number of aryl methyl sites for hydroxylation is 1. The smallest absolute Gasteiger partial charge is 0.233 e. The van der Waals surface area contributed by atoms with Crippen molar-refractivity contribution in [3.8, 4) is 0 Å². The zero-order valence-corrected chi connectivity index (χ0v) is 13.7. The number of ether oxygens (including phenoxy) is 1. The molecule has 0 aliphatic carbocycles. The number of nitrogens with two attached hydrogens (primary N) is 1. The highest BCUT2D eigenvalue weighted by Crippen LogP contribution is 2.23. The molecule has 0 spiro atoms. The molecule has 1 fully saturated rings. The highest BCUT2D eigenvalue weighted by atomic mass is 35.5. The third kappa shape index (κ3) is 5.84. The van der Waals surface area contributed by atoms with Gasteiger partial charge < -0.3 is 20.2 Å². The second-order valence-electron chi connectivity index (χ2n) is 4.62. The van der Waals surface area contributed by atoms with E-state index >= 15 is 0 Å². The summed E-state index contributed by atoms with van der Waals surface area (Å²) in [4.78, 5) is 13.6. The average molecular weight is 340 g/mol. The molecule has 2 rings (SSSR count). The van der Waals surface area contributed by atoms with E-state index in [2.05, 4.69) is 10.2 Å². The first kappa shape index (κ1) is 20.2. The van der Waals surface area contributed by atoms with Crippen molar-refractivity contribution in [2.24, 2.45) is 5.73 Å². The van der Waals surface area contributed by atoms with Crippen LogP contribution in [0.1, 0.15) is 17.6 Å². The fraction of sp³-hybridized carbons (Fsp3) is 0.615. The summed E-state index contributed by atoms with van der Waals surface area (Å²) in [6.07, 6.45) is 0. The first-order valence-electron chi connectivity index (χ1n) is 6.55. The molecule has 0 bridgehead atoms. The van der Waals surface area contributed by atoms with Gasteiger partial charge in [0.05, 0.1) is 25.8 Å². The first-order chi connectivity index (χ1) is 9.20. The summed E-state index contributed by atoms with van der Waals surface area (Å²) in [6.45, 7) is 5.52. The van der Waals surface area contributed by atoms with Crippen LogP contribution in [0.15, 0.2) is 16.5 Å². The molecule has 1 aromatic heterocycles. The third-order valence-corrected chi connectivity index (χ3v) is 3.25. The Kier molecular flexibility index (Phi) is 9.65. The molecule has 0 saturated carbocycles. The van der Waals surface area contributed by atoms with E-state index in [0.29, 0.717) is 19.8 Å². The molecule has 0 aromatic carbocycles. The lowest BCUT2D eigenvalue weighted by atomic mass is 10.1. The number of carbonyl (C=O) groups is 1. The van der Waals surface area contributed by atoms with Crippen LogP contribution in [0.2, 0.25) is 0 Å². The second-order valence-corrected chi connectivity index (χ2v) is 4.62. The van der Waals surface area contributed by atoms with Crippen LogP contribution in [0.3, 0.4) is 0 Å². The van der Waals surface area contributed by atoms with Gasteiger partial charge in [-0.05, 0) is 19.1 Å². The molecule has 2 heterocycles. The molecule has 21 heavy (non-hydrogen) atoms. The maximum absolute atomic E-state index is 11.3. The molecule has 8 heteroatoms. The minimum absolute atomic E-state index is 0. The van der Waals surface area contributed by atoms with Crippen molar-refractivity contribution in [1.82, 2.24) is 10.2 Å². The lowest BCUT2D eigenvalue weighted by Crippen LogP contribution is -2.44. The number of nitrogens with one attached hydrogen (secondary N) is 1. The van der Waals surface area contributed by atoms with Gasteiger partial charge in [0.1, 0.15) is 11.5 Å². The second kappa shape index (κ2) is 10.0. The maximum Gasteiger partial charge on any atom is 0.233 e.